The van der Waals surface area contributed by atoms with Crippen molar-refractivity contribution in [3.05, 3.63) is 48.0 Å². The number of amides is 1. The van der Waals surface area contributed by atoms with Gasteiger partial charge in [-0.15, -0.1) is 11.8 Å². The van der Waals surface area contributed by atoms with Crippen LogP contribution in [0.4, 0.5) is 5.82 Å². The Hall–Kier alpha value is -1.66. The summed E-state index contributed by atoms with van der Waals surface area (Å²) in [5.41, 5.74) is 1.29. The molecule has 4 nitrogen and oxygen atoms in total. The zero-order valence-corrected chi connectivity index (χ0v) is 16.0. The van der Waals surface area contributed by atoms with Crippen LogP contribution in [-0.4, -0.2) is 23.2 Å². The van der Waals surface area contributed by atoms with Gasteiger partial charge in [0.05, 0.1) is 0 Å². The van der Waals surface area contributed by atoms with Crippen LogP contribution in [0.25, 0.3) is 0 Å². The summed E-state index contributed by atoms with van der Waals surface area (Å²) in [4.78, 5) is 17.5. The molecule has 25 heavy (non-hydrogen) atoms. The second-order valence-corrected chi connectivity index (χ2v) is 8.14. The fourth-order valence-corrected chi connectivity index (χ4v) is 3.73. The molecule has 1 aromatic heterocycles. The van der Waals surface area contributed by atoms with Crippen LogP contribution in [0, 0.1) is 12.8 Å². The molecule has 3 rings (SSSR count). The summed E-state index contributed by atoms with van der Waals surface area (Å²) in [6.45, 7) is 2.99. The summed E-state index contributed by atoms with van der Waals surface area (Å²) >= 11 is 3.17. The van der Waals surface area contributed by atoms with Gasteiger partial charge in [-0.2, -0.15) is 0 Å². The number of thioether (sulfide) groups is 1. The van der Waals surface area contributed by atoms with E-state index in [1.807, 2.05) is 30.0 Å². The van der Waals surface area contributed by atoms with Gasteiger partial charge in [0.15, 0.2) is 0 Å². The van der Waals surface area contributed by atoms with E-state index in [0.29, 0.717) is 0 Å². The summed E-state index contributed by atoms with van der Waals surface area (Å²) in [6, 6.07) is 14.5. The van der Waals surface area contributed by atoms with Gasteiger partial charge in [-0.3, -0.25) is 9.52 Å². The van der Waals surface area contributed by atoms with E-state index in [4.69, 9.17) is 0 Å². The number of rotatable bonds is 9. The number of aromatic nitrogens is 1. The highest BCUT2D eigenvalue weighted by Gasteiger charge is 2.29. The number of nitrogens with zero attached hydrogens (tertiary/aromatic N) is 1. The normalized spacial score (nSPS) is 13.5. The molecule has 1 aliphatic rings. The van der Waals surface area contributed by atoms with Crippen LogP contribution < -0.4 is 10.0 Å². The fraction of sp³-hybridized carbons (Fsp3) is 0.368. The van der Waals surface area contributed by atoms with Crippen molar-refractivity contribution in [3.63, 3.8) is 0 Å². The van der Waals surface area contributed by atoms with Gasteiger partial charge in [-0.25, -0.2) is 4.98 Å². The van der Waals surface area contributed by atoms with Gasteiger partial charge < -0.3 is 5.32 Å². The second-order valence-electron chi connectivity index (χ2n) is 6.15. The van der Waals surface area contributed by atoms with Crippen LogP contribution in [0.15, 0.2) is 52.4 Å². The van der Waals surface area contributed by atoms with Gasteiger partial charge in [0.1, 0.15) is 10.8 Å². The van der Waals surface area contributed by atoms with Gasteiger partial charge in [0.25, 0.3) is 0 Å². The Bertz CT molecular complexity index is 702. The minimum Gasteiger partial charge on any atom is -0.370 e. The van der Waals surface area contributed by atoms with Crippen molar-refractivity contribution in [1.29, 1.82) is 0 Å². The molecule has 0 atom stereocenters. The Morgan fingerprint density at radius 1 is 1.20 bits per heavy atom. The summed E-state index contributed by atoms with van der Waals surface area (Å²) in [5, 5.41) is 4.17. The molecule has 0 aliphatic heterocycles. The molecule has 0 spiro atoms. The minimum absolute atomic E-state index is 0.123. The number of nitrogens with one attached hydrogen (secondary N) is 2. The molecule has 1 saturated carbocycles. The zero-order chi connectivity index (χ0) is 17.5. The third kappa shape index (κ3) is 6.29. The van der Waals surface area contributed by atoms with Crippen LogP contribution in [0.1, 0.15) is 24.8 Å². The average molecular weight is 374 g/mol. The van der Waals surface area contributed by atoms with Gasteiger partial charge in [-0.1, -0.05) is 23.8 Å². The maximum Gasteiger partial charge on any atom is 0.233 e. The lowest BCUT2D eigenvalue weighted by molar-refractivity contribution is -0.120. The number of carbonyl (C=O) groups excluding carboxylic acids is 1. The predicted molar refractivity (Wildman–Crippen MR) is 106 cm³/mol. The number of benzene rings is 1. The van der Waals surface area contributed by atoms with Gasteiger partial charge in [0.2, 0.25) is 5.91 Å². The van der Waals surface area contributed by atoms with E-state index in [1.165, 1.54) is 22.4 Å². The lowest BCUT2D eigenvalue weighted by Gasteiger charge is -2.08. The Kier molecular flexibility index (Phi) is 6.64. The SMILES string of the molecule is Cc1ccc(SCCCNc2cccc(SNC(=O)C3CC3)n2)cc1. The lowest BCUT2D eigenvalue weighted by atomic mass is 10.2. The number of aryl methyl sites for hydroxylation is 1. The smallest absolute Gasteiger partial charge is 0.233 e. The quantitative estimate of drug-likeness (QED) is 0.385. The topological polar surface area (TPSA) is 54.0 Å². The minimum atomic E-state index is 0.123. The van der Waals surface area contributed by atoms with Crippen LogP contribution in [-0.2, 0) is 4.79 Å². The summed E-state index contributed by atoms with van der Waals surface area (Å²) < 4.78 is 2.87. The molecule has 2 aromatic rings. The number of hydrogen-bond donors (Lipinski definition) is 2. The van der Waals surface area contributed by atoms with E-state index >= 15 is 0 Å². The van der Waals surface area contributed by atoms with E-state index in [1.54, 1.807) is 0 Å². The maximum absolute atomic E-state index is 11.7. The fourth-order valence-electron chi connectivity index (χ4n) is 2.21. The van der Waals surface area contributed by atoms with E-state index in [2.05, 4.69) is 46.2 Å². The first kappa shape index (κ1) is 18.1. The summed E-state index contributed by atoms with van der Waals surface area (Å²) in [5.74, 6) is 2.27. The van der Waals surface area contributed by atoms with Crippen molar-refractivity contribution in [2.75, 3.05) is 17.6 Å². The molecule has 1 heterocycles. The molecule has 0 unspecified atom stereocenters. The summed E-state index contributed by atoms with van der Waals surface area (Å²) in [7, 11) is 0. The van der Waals surface area contributed by atoms with Gasteiger partial charge >= 0.3 is 0 Å². The van der Waals surface area contributed by atoms with Crippen molar-refractivity contribution in [2.24, 2.45) is 5.92 Å². The van der Waals surface area contributed by atoms with Gasteiger partial charge in [-0.05, 0) is 56.2 Å². The molecule has 1 aromatic carbocycles. The van der Waals surface area contributed by atoms with Crippen LogP contribution in [0.2, 0.25) is 0 Å². The van der Waals surface area contributed by atoms with Crippen LogP contribution in [0.3, 0.4) is 0 Å². The standard InChI is InChI=1S/C19H23N3OS2/c1-14-6-10-16(11-7-14)24-13-3-12-20-17-4-2-5-18(21-17)25-22-19(23)15-8-9-15/h2,4-7,10-11,15H,3,8-9,12-13H2,1H3,(H,20,21)(H,22,23). The van der Waals surface area contributed by atoms with Crippen LogP contribution >= 0.6 is 23.7 Å². The Balaban J connectivity index is 1.35. The largest absolute Gasteiger partial charge is 0.370 e. The van der Waals surface area contributed by atoms with Crippen molar-refractivity contribution >= 4 is 35.4 Å². The molecule has 1 fully saturated rings. The second kappa shape index (κ2) is 9.15. The van der Waals surface area contributed by atoms with Gasteiger partial charge in [0, 0.05) is 29.3 Å². The molecule has 1 amide bonds. The van der Waals surface area contributed by atoms with Crippen molar-refractivity contribution < 1.29 is 4.79 Å². The first-order valence-electron chi connectivity index (χ1n) is 8.58. The van der Waals surface area contributed by atoms with Crippen molar-refractivity contribution in [3.8, 4) is 0 Å². The highest BCUT2D eigenvalue weighted by Crippen LogP contribution is 2.30. The van der Waals surface area contributed by atoms with E-state index < -0.39 is 0 Å². The first-order valence-corrected chi connectivity index (χ1v) is 10.4. The van der Waals surface area contributed by atoms with Crippen molar-refractivity contribution in [2.45, 2.75) is 36.1 Å². The molecule has 0 radical (unpaired) electrons. The van der Waals surface area contributed by atoms with E-state index in [9.17, 15) is 4.79 Å². The molecule has 1 aliphatic carbocycles. The first-order chi connectivity index (χ1) is 12.2. The van der Waals surface area contributed by atoms with Crippen molar-refractivity contribution in [1.82, 2.24) is 9.71 Å². The highest BCUT2D eigenvalue weighted by atomic mass is 32.2. The van der Waals surface area contributed by atoms with E-state index in [0.717, 1.165) is 42.4 Å². The molecular weight excluding hydrogens is 350 g/mol. The Morgan fingerprint density at radius 3 is 2.76 bits per heavy atom. The molecule has 132 valence electrons. The average Bonchev–Trinajstić information content (AvgIpc) is 3.47. The monoisotopic (exact) mass is 373 g/mol. The predicted octanol–water partition coefficient (Wildman–Crippen LogP) is 4.52. The molecule has 0 saturated heterocycles. The molecule has 2 N–H and O–H groups in total. The number of pyridine rings is 1. The third-order valence-corrected chi connectivity index (χ3v) is 5.68. The zero-order valence-electron chi connectivity index (χ0n) is 14.3. The third-order valence-electron chi connectivity index (χ3n) is 3.84. The lowest BCUT2D eigenvalue weighted by Crippen LogP contribution is -2.17. The van der Waals surface area contributed by atoms with Crippen LogP contribution in [0.5, 0.6) is 0 Å². The Morgan fingerprint density at radius 2 is 2.00 bits per heavy atom. The number of carbonyl (C=O) groups is 1. The highest BCUT2D eigenvalue weighted by molar-refractivity contribution is 7.99. The summed E-state index contributed by atoms with van der Waals surface area (Å²) in [6.07, 6.45) is 3.10. The molecule has 6 heteroatoms. The number of hydrogen-bond acceptors (Lipinski definition) is 5. The van der Waals surface area contributed by atoms with E-state index in [-0.39, 0.29) is 11.8 Å². The molecular formula is C19H23N3OS2. The molecule has 0 bridgehead atoms. The number of anilines is 1. The Labute approximate surface area is 157 Å². The maximum atomic E-state index is 11.7.